The Morgan fingerprint density at radius 3 is 1.82 bits per heavy atom. The van der Waals surface area contributed by atoms with Crippen molar-refractivity contribution in [1.29, 1.82) is 0 Å². The number of allylic oxidation sites excluding steroid dienone is 3. The number of thiol groups is 1. The molecule has 2 aliphatic rings. The summed E-state index contributed by atoms with van der Waals surface area (Å²) in [5, 5.41) is 18.9. The molecule has 0 saturated carbocycles. The van der Waals surface area contributed by atoms with Crippen LogP contribution in [0.4, 0.5) is 0 Å². The van der Waals surface area contributed by atoms with Gasteiger partial charge in [-0.1, -0.05) is 53.4 Å². The first-order valence-electron chi connectivity index (χ1n) is 14.6. The number of nitrogens with zero attached hydrogens (tertiary/aromatic N) is 4. The molecule has 0 spiro atoms. The van der Waals surface area contributed by atoms with E-state index in [0.29, 0.717) is 29.6 Å². The molecule has 0 radical (unpaired) electrons. The van der Waals surface area contributed by atoms with Gasteiger partial charge in [0.2, 0.25) is 0 Å². The van der Waals surface area contributed by atoms with Crippen LogP contribution < -0.4 is 9.97 Å². The summed E-state index contributed by atoms with van der Waals surface area (Å²) in [7, 11) is 0. The third-order valence-electron chi connectivity index (χ3n) is 8.51. The van der Waals surface area contributed by atoms with Gasteiger partial charge >= 0.3 is 29.0 Å². The molecule has 1 atom stereocenters. The molecule has 1 unspecified atom stereocenters. The zero-order valence-electron chi connectivity index (χ0n) is 25.7. The minimum Gasteiger partial charge on any atom is -0.657 e. The number of aryl methyl sites for hydroxylation is 4. The summed E-state index contributed by atoms with van der Waals surface area (Å²) < 4.78 is 0. The molecular weight excluding hydrogens is 616 g/mol. The van der Waals surface area contributed by atoms with Gasteiger partial charge in [0.15, 0.2) is 0 Å². The van der Waals surface area contributed by atoms with Crippen LogP contribution in [0.2, 0.25) is 0 Å². The monoisotopic (exact) mass is 652 g/mol. The van der Waals surface area contributed by atoms with E-state index in [0.717, 1.165) is 79.1 Å². The molecule has 2 aliphatic heterocycles. The molecule has 3 aromatic heterocycles. The van der Waals surface area contributed by atoms with Crippen LogP contribution >= 0.6 is 12.6 Å². The minimum atomic E-state index is -0.889. The second-order valence-corrected chi connectivity index (χ2v) is 12.0. The molecule has 0 saturated heterocycles. The van der Waals surface area contributed by atoms with Crippen LogP contribution in [0.3, 0.4) is 0 Å². The first-order valence-corrected chi connectivity index (χ1v) is 15.1. The van der Waals surface area contributed by atoms with E-state index in [-0.39, 0.29) is 35.2 Å². The van der Waals surface area contributed by atoms with E-state index in [2.05, 4.69) is 20.8 Å². The summed E-state index contributed by atoms with van der Waals surface area (Å²) >= 11 is 4.79. The van der Waals surface area contributed by atoms with Gasteiger partial charge in [-0.2, -0.15) is 12.6 Å². The van der Waals surface area contributed by atoms with Crippen LogP contribution in [0, 0.1) is 13.8 Å². The van der Waals surface area contributed by atoms with Crippen LogP contribution in [0.15, 0.2) is 24.3 Å². The Morgan fingerprint density at radius 2 is 1.23 bits per heavy atom. The summed E-state index contributed by atoms with van der Waals surface area (Å²) in [5.74, 6) is -1.77. The molecule has 0 amide bonds. The van der Waals surface area contributed by atoms with Crippen molar-refractivity contribution in [3.63, 3.8) is 0 Å². The number of carbonyl (C=O) groups is 2. The van der Waals surface area contributed by atoms with Crippen LogP contribution in [0.1, 0.15) is 92.0 Å². The molecule has 5 heterocycles. The summed E-state index contributed by atoms with van der Waals surface area (Å²) in [6.45, 7) is 12.2. The van der Waals surface area contributed by atoms with E-state index < -0.39 is 11.9 Å². The molecule has 8 bridgehead atoms. The van der Waals surface area contributed by atoms with Crippen LogP contribution in [-0.2, 0) is 39.5 Å². The van der Waals surface area contributed by atoms with Crippen molar-refractivity contribution in [2.75, 3.05) is 0 Å². The predicted molar refractivity (Wildman–Crippen MR) is 174 cm³/mol. The SMILES string of the molecule is CCc1c(C)c2cc3nc(cc4[n-]c(cc5nc(cc1[n-]2)C(C)=C5C(C)S)c(C)c4CCC(=O)O)C(CCC(=O)O)=C3C.[Fe+2]. The number of hydrogen-bond acceptors (Lipinski definition) is 5. The molecule has 3 aromatic rings. The average Bonchev–Trinajstić information content (AvgIpc) is 3.59. The number of fused-ring (bicyclic) bond motifs is 8. The molecule has 10 heteroatoms. The van der Waals surface area contributed by atoms with E-state index in [1.54, 1.807) is 0 Å². The molecule has 0 aliphatic carbocycles. The second kappa shape index (κ2) is 13.2. The standard InChI is InChI=1S/C34H38N4O4S.Fe/c1-7-21-16(2)24-12-25-17(3)22(8-10-32(39)40)29(36-25)15-30-23(9-11-33(41)42)18(4)26(37-30)14-31-34(20(6)43)19(5)27(38-31)13-28(21)35-24;/h12-15,20H,7-11H2,1-6H3,(H5,35,36,37,38,39,40,41,42,43);/q;+2/p-2. The van der Waals surface area contributed by atoms with Crippen molar-refractivity contribution in [1.82, 2.24) is 19.9 Å². The zero-order chi connectivity index (χ0) is 31.2. The van der Waals surface area contributed by atoms with E-state index in [9.17, 15) is 19.8 Å². The van der Waals surface area contributed by atoms with Gasteiger partial charge in [-0.15, -0.1) is 22.1 Å². The number of carboxylic acids is 2. The molecule has 0 aromatic carbocycles. The van der Waals surface area contributed by atoms with Gasteiger partial charge in [0.25, 0.3) is 0 Å². The van der Waals surface area contributed by atoms with Crippen molar-refractivity contribution in [3.05, 3.63) is 69.3 Å². The molecule has 230 valence electrons. The van der Waals surface area contributed by atoms with Gasteiger partial charge in [-0.25, -0.2) is 9.97 Å². The summed E-state index contributed by atoms with van der Waals surface area (Å²) in [6, 6.07) is 7.84. The maximum Gasteiger partial charge on any atom is 2.00 e. The van der Waals surface area contributed by atoms with Gasteiger partial charge in [0.05, 0.1) is 22.8 Å². The summed E-state index contributed by atoms with van der Waals surface area (Å²) in [4.78, 5) is 43.1. The van der Waals surface area contributed by atoms with Crippen molar-refractivity contribution in [2.24, 2.45) is 0 Å². The van der Waals surface area contributed by atoms with Crippen LogP contribution in [0.5, 0.6) is 0 Å². The molecule has 8 nitrogen and oxygen atoms in total. The molecule has 44 heavy (non-hydrogen) atoms. The maximum absolute atomic E-state index is 11.6. The van der Waals surface area contributed by atoms with Crippen LogP contribution in [0.25, 0.3) is 44.4 Å². The van der Waals surface area contributed by atoms with Crippen molar-refractivity contribution in [3.8, 4) is 0 Å². The van der Waals surface area contributed by atoms with Gasteiger partial charge in [-0.05, 0) is 76.2 Å². The Kier molecular flexibility index (Phi) is 9.98. The summed E-state index contributed by atoms with van der Waals surface area (Å²) in [6.07, 6.45) is 1.35. The predicted octanol–water partition coefficient (Wildman–Crippen LogP) is 6.81. The quantitative estimate of drug-likeness (QED) is 0.179. The number of aromatic nitrogens is 4. The van der Waals surface area contributed by atoms with Gasteiger partial charge in [-0.3, -0.25) is 9.59 Å². The Labute approximate surface area is 273 Å². The maximum atomic E-state index is 11.6. The van der Waals surface area contributed by atoms with Crippen molar-refractivity contribution < 1.29 is 36.9 Å². The fraction of sp³-hybridized carbons (Fsp3) is 0.353. The Bertz CT molecular complexity index is 1900. The van der Waals surface area contributed by atoms with E-state index in [4.69, 9.17) is 32.6 Å². The largest absolute Gasteiger partial charge is 2.00 e. The number of hydrogen-bond donors (Lipinski definition) is 3. The molecule has 2 N–H and O–H groups in total. The fourth-order valence-electron chi connectivity index (χ4n) is 6.10. The molecule has 5 rings (SSSR count). The van der Waals surface area contributed by atoms with E-state index >= 15 is 0 Å². The average molecular weight is 653 g/mol. The fourth-order valence-corrected chi connectivity index (χ4v) is 6.43. The number of rotatable bonds is 8. The first kappa shape index (κ1) is 33.3. The zero-order valence-corrected chi connectivity index (χ0v) is 27.7. The smallest absolute Gasteiger partial charge is 0.657 e. The van der Waals surface area contributed by atoms with Crippen molar-refractivity contribution >= 4 is 68.9 Å². The van der Waals surface area contributed by atoms with E-state index in [1.165, 1.54) is 0 Å². The Balaban J connectivity index is 0.00000442. The van der Waals surface area contributed by atoms with Gasteiger partial charge in [0, 0.05) is 18.1 Å². The third kappa shape index (κ3) is 6.29. The van der Waals surface area contributed by atoms with Crippen LogP contribution in [-0.4, -0.2) is 37.4 Å². The molecular formula is C34H36FeN4O4S. The van der Waals surface area contributed by atoms with Gasteiger partial charge in [0.1, 0.15) is 0 Å². The summed E-state index contributed by atoms with van der Waals surface area (Å²) in [5.41, 5.74) is 13.7. The Morgan fingerprint density at radius 1 is 0.750 bits per heavy atom. The van der Waals surface area contributed by atoms with Gasteiger partial charge < -0.3 is 20.2 Å². The molecule has 0 fully saturated rings. The Hall–Kier alpha value is -3.59. The number of aliphatic carboxylic acids is 2. The normalized spacial score (nSPS) is 13.7. The number of carboxylic acid groups (broad SMARTS) is 2. The van der Waals surface area contributed by atoms with Crippen molar-refractivity contribution in [2.45, 2.75) is 78.9 Å². The van der Waals surface area contributed by atoms with E-state index in [1.807, 2.05) is 45.0 Å². The second-order valence-electron chi connectivity index (χ2n) is 11.3. The third-order valence-corrected chi connectivity index (χ3v) is 8.77. The topological polar surface area (TPSA) is 129 Å². The minimum absolute atomic E-state index is 0. The first-order chi connectivity index (χ1) is 20.4.